The van der Waals surface area contributed by atoms with E-state index in [9.17, 15) is 0 Å². The predicted octanol–water partition coefficient (Wildman–Crippen LogP) is 12.1. The molecule has 1 nitrogen and oxygen atoms in total. The Morgan fingerprint density at radius 1 is 0.619 bits per heavy atom. The molecule has 0 saturated heterocycles. The first kappa shape index (κ1) is 31.9. The van der Waals surface area contributed by atoms with Crippen LogP contribution in [0.2, 0.25) is 0 Å². The van der Waals surface area contributed by atoms with Gasteiger partial charge in [0, 0.05) is 17.7 Å². The molecule has 1 aliphatic rings. The van der Waals surface area contributed by atoms with Crippen LogP contribution in [0.1, 0.15) is 103 Å². The van der Waals surface area contributed by atoms with E-state index in [2.05, 4.69) is 19.9 Å². The van der Waals surface area contributed by atoms with Crippen LogP contribution in [0.4, 0.5) is 8.78 Å². The van der Waals surface area contributed by atoms with E-state index >= 15 is 8.78 Å². The fourth-order valence-corrected chi connectivity index (χ4v) is 5.88. The van der Waals surface area contributed by atoms with Gasteiger partial charge in [0.2, 0.25) is 0 Å². The Balaban J connectivity index is 1.44. The Bertz CT molecular complexity index is 1270. The summed E-state index contributed by atoms with van der Waals surface area (Å²) in [7, 11) is 0. The molecular weight excluding hydrogens is 522 g/mol. The zero-order valence-electron chi connectivity index (χ0n) is 25.6. The fourth-order valence-electron chi connectivity index (χ4n) is 5.88. The minimum absolute atomic E-state index is 0.278. The number of rotatable bonds is 17. The summed E-state index contributed by atoms with van der Waals surface area (Å²) in [6.45, 7) is 5.22. The van der Waals surface area contributed by atoms with Crippen LogP contribution in [0, 0.1) is 11.6 Å². The highest BCUT2D eigenvalue weighted by Crippen LogP contribution is 2.37. The highest BCUT2D eigenvalue weighted by atomic mass is 19.2. The molecule has 0 radical (unpaired) electrons. The molecular formula is C39H48F2O. The van der Waals surface area contributed by atoms with Crippen LogP contribution in [0.5, 0.6) is 0 Å². The number of allylic oxidation sites excluding steroid dienone is 2. The third kappa shape index (κ3) is 8.74. The van der Waals surface area contributed by atoms with Gasteiger partial charge in [-0.1, -0.05) is 163 Å². The SMILES string of the molecule is CCCCCCCCC1(OCCCCCCC)C=CC(c2ccc(-c3ccc(-c4ccccc4)cc3)c(F)c2F)=CC1. The summed E-state index contributed by atoms with van der Waals surface area (Å²) in [6.07, 6.45) is 21.2. The van der Waals surface area contributed by atoms with Gasteiger partial charge in [0.1, 0.15) is 0 Å². The maximum absolute atomic E-state index is 15.5. The van der Waals surface area contributed by atoms with Crippen LogP contribution >= 0.6 is 0 Å². The smallest absolute Gasteiger partial charge is 0.167 e. The molecule has 1 unspecified atom stereocenters. The topological polar surface area (TPSA) is 9.23 Å². The minimum atomic E-state index is -0.804. The quantitative estimate of drug-likeness (QED) is 0.147. The Morgan fingerprint density at radius 3 is 1.86 bits per heavy atom. The Labute approximate surface area is 252 Å². The van der Waals surface area contributed by atoms with Crippen LogP contribution in [0.3, 0.4) is 0 Å². The molecule has 1 aliphatic carbocycles. The number of unbranched alkanes of at least 4 members (excludes halogenated alkanes) is 9. The van der Waals surface area contributed by atoms with E-state index in [0.29, 0.717) is 17.5 Å². The van der Waals surface area contributed by atoms with Gasteiger partial charge in [0.05, 0.1) is 5.60 Å². The van der Waals surface area contributed by atoms with E-state index in [0.717, 1.165) is 42.6 Å². The first-order valence-corrected chi connectivity index (χ1v) is 16.2. The standard InChI is InChI=1S/C39H48F2O/c1-3-5-7-9-10-15-27-39(42-30-16-11-8-6-4-2)28-25-34(26-29-39)36-24-23-35(37(40)38(36)41)33-21-19-32(20-22-33)31-17-13-12-14-18-31/h12-14,17-26,28H,3-11,15-16,27,29-30H2,1-2H3. The van der Waals surface area contributed by atoms with E-state index < -0.39 is 11.6 Å². The highest BCUT2D eigenvalue weighted by molar-refractivity contribution is 5.78. The molecule has 4 rings (SSSR count). The number of ether oxygens (including phenoxy) is 1. The first-order valence-electron chi connectivity index (χ1n) is 16.2. The van der Waals surface area contributed by atoms with Gasteiger partial charge in [-0.15, -0.1) is 0 Å². The average molecular weight is 571 g/mol. The lowest BCUT2D eigenvalue weighted by Crippen LogP contribution is -2.31. The molecule has 42 heavy (non-hydrogen) atoms. The van der Waals surface area contributed by atoms with Crippen molar-refractivity contribution in [3.63, 3.8) is 0 Å². The molecule has 224 valence electrons. The monoisotopic (exact) mass is 570 g/mol. The molecule has 0 aliphatic heterocycles. The summed E-state index contributed by atoms with van der Waals surface area (Å²) in [5.41, 5.74) is 3.76. The Hall–Kier alpha value is -3.04. The summed E-state index contributed by atoms with van der Waals surface area (Å²) >= 11 is 0. The van der Waals surface area contributed by atoms with Gasteiger partial charge in [-0.05, 0) is 41.5 Å². The van der Waals surface area contributed by atoms with Crippen LogP contribution in [0.25, 0.3) is 27.8 Å². The predicted molar refractivity (Wildman–Crippen MR) is 174 cm³/mol. The first-order chi connectivity index (χ1) is 20.6. The van der Waals surface area contributed by atoms with Crippen molar-refractivity contribution in [1.29, 1.82) is 0 Å². The normalized spacial score (nSPS) is 16.5. The fraction of sp³-hybridized carbons (Fsp3) is 0.436. The second-order valence-electron chi connectivity index (χ2n) is 11.8. The Kier molecular flexibility index (Phi) is 12.6. The molecule has 0 saturated carbocycles. The minimum Gasteiger partial charge on any atom is -0.371 e. The van der Waals surface area contributed by atoms with Gasteiger partial charge in [0.25, 0.3) is 0 Å². The van der Waals surface area contributed by atoms with Crippen LogP contribution in [-0.2, 0) is 4.74 Å². The molecule has 0 amide bonds. The molecule has 0 N–H and O–H groups in total. The van der Waals surface area contributed by atoms with Gasteiger partial charge >= 0.3 is 0 Å². The van der Waals surface area contributed by atoms with E-state index in [1.807, 2.05) is 66.7 Å². The number of hydrogen-bond acceptors (Lipinski definition) is 1. The number of benzene rings is 3. The molecule has 0 bridgehead atoms. The second kappa shape index (κ2) is 16.6. The van der Waals surface area contributed by atoms with Crippen molar-refractivity contribution in [2.24, 2.45) is 0 Å². The highest BCUT2D eigenvalue weighted by Gasteiger charge is 2.30. The van der Waals surface area contributed by atoms with Gasteiger partial charge in [0.15, 0.2) is 11.6 Å². The van der Waals surface area contributed by atoms with Gasteiger partial charge in [-0.3, -0.25) is 0 Å². The van der Waals surface area contributed by atoms with E-state index in [4.69, 9.17) is 4.74 Å². The molecule has 3 heteroatoms. The van der Waals surface area contributed by atoms with E-state index in [1.54, 1.807) is 12.1 Å². The van der Waals surface area contributed by atoms with E-state index in [1.165, 1.54) is 57.8 Å². The second-order valence-corrected chi connectivity index (χ2v) is 11.8. The average Bonchev–Trinajstić information content (AvgIpc) is 3.03. The largest absolute Gasteiger partial charge is 0.371 e. The van der Waals surface area contributed by atoms with Crippen LogP contribution in [0.15, 0.2) is 85.0 Å². The van der Waals surface area contributed by atoms with Crippen molar-refractivity contribution in [2.45, 2.75) is 103 Å². The van der Waals surface area contributed by atoms with Crippen molar-refractivity contribution in [3.05, 3.63) is 102 Å². The molecule has 0 fully saturated rings. The molecule has 3 aromatic carbocycles. The molecule has 0 spiro atoms. The zero-order chi connectivity index (χ0) is 29.6. The van der Waals surface area contributed by atoms with Gasteiger partial charge in [-0.2, -0.15) is 0 Å². The zero-order valence-corrected chi connectivity index (χ0v) is 25.6. The summed E-state index contributed by atoms with van der Waals surface area (Å²) < 4.78 is 37.4. The molecule has 0 aromatic heterocycles. The van der Waals surface area contributed by atoms with Crippen molar-refractivity contribution >= 4 is 5.57 Å². The third-order valence-corrected chi connectivity index (χ3v) is 8.52. The van der Waals surface area contributed by atoms with Crippen molar-refractivity contribution < 1.29 is 13.5 Å². The summed E-state index contributed by atoms with van der Waals surface area (Å²) in [5, 5.41) is 0. The molecule has 0 heterocycles. The lowest BCUT2D eigenvalue weighted by Gasteiger charge is -2.33. The van der Waals surface area contributed by atoms with Crippen LogP contribution < -0.4 is 0 Å². The summed E-state index contributed by atoms with van der Waals surface area (Å²) in [4.78, 5) is 0. The van der Waals surface area contributed by atoms with Crippen molar-refractivity contribution in [2.75, 3.05) is 6.61 Å². The van der Waals surface area contributed by atoms with Crippen LogP contribution in [-0.4, -0.2) is 12.2 Å². The maximum Gasteiger partial charge on any atom is 0.167 e. The maximum atomic E-state index is 15.5. The van der Waals surface area contributed by atoms with Crippen molar-refractivity contribution in [3.8, 4) is 22.3 Å². The lowest BCUT2D eigenvalue weighted by atomic mass is 9.84. The van der Waals surface area contributed by atoms with Gasteiger partial charge < -0.3 is 4.74 Å². The van der Waals surface area contributed by atoms with E-state index in [-0.39, 0.29) is 11.2 Å². The van der Waals surface area contributed by atoms with Crippen molar-refractivity contribution in [1.82, 2.24) is 0 Å². The molecule has 3 aromatic rings. The summed E-state index contributed by atoms with van der Waals surface area (Å²) in [5.74, 6) is -1.60. The summed E-state index contributed by atoms with van der Waals surface area (Å²) in [6, 6.07) is 21.1. The lowest BCUT2D eigenvalue weighted by molar-refractivity contribution is -0.0165. The third-order valence-electron chi connectivity index (χ3n) is 8.52. The number of hydrogen-bond donors (Lipinski definition) is 0. The molecule has 1 atom stereocenters. The Morgan fingerprint density at radius 2 is 1.19 bits per heavy atom. The van der Waals surface area contributed by atoms with Gasteiger partial charge in [-0.25, -0.2) is 8.78 Å². The number of halogens is 2.